The van der Waals surface area contributed by atoms with Crippen molar-refractivity contribution in [3.05, 3.63) is 0 Å². The summed E-state index contributed by atoms with van der Waals surface area (Å²) in [6.45, 7) is -1.40. The normalized spacial score (nSPS) is 17.1. The largest absolute Gasteiger partial charge is 0.469 e. The highest BCUT2D eigenvalue weighted by molar-refractivity contribution is 7.46. The molecule has 0 rings (SSSR count). The second kappa shape index (κ2) is 11.0. The van der Waals surface area contributed by atoms with Crippen LogP contribution in [-0.4, -0.2) is 85.5 Å². The predicted octanol–water partition coefficient (Wildman–Crippen LogP) is -4.08. The highest BCUT2D eigenvalue weighted by Gasteiger charge is 2.21. The molecule has 0 amide bonds. The summed E-state index contributed by atoms with van der Waals surface area (Å²) in [7, 11) is -4.66. The minimum absolute atomic E-state index is 0.0354. The van der Waals surface area contributed by atoms with E-state index < -0.39 is 45.5 Å². The minimum atomic E-state index is -4.66. The van der Waals surface area contributed by atoms with Gasteiger partial charge in [0.05, 0.1) is 13.2 Å². The van der Waals surface area contributed by atoms with Crippen LogP contribution in [0.25, 0.3) is 0 Å². The molecule has 0 radical (unpaired) electrons. The number of carbonyl (C=O) groups is 2. The van der Waals surface area contributed by atoms with Gasteiger partial charge >= 0.3 is 7.82 Å². The van der Waals surface area contributed by atoms with Crippen molar-refractivity contribution in [3.63, 3.8) is 0 Å². The molecular formula is C8H17O11P. The molecule has 12 heteroatoms. The Bertz CT molecular complexity index is 316. The van der Waals surface area contributed by atoms with Crippen LogP contribution in [0.5, 0.6) is 0 Å². The van der Waals surface area contributed by atoms with E-state index in [2.05, 4.69) is 4.52 Å². The van der Waals surface area contributed by atoms with Gasteiger partial charge in [-0.25, -0.2) is 4.57 Å². The molecule has 4 atom stereocenters. The van der Waals surface area contributed by atoms with E-state index in [1.54, 1.807) is 0 Å². The third kappa shape index (κ3) is 12.3. The van der Waals surface area contributed by atoms with Gasteiger partial charge < -0.3 is 44.9 Å². The topological polar surface area (TPSA) is 202 Å². The number of carbonyl (C=O) groups excluding carboxylic acids is 2. The van der Waals surface area contributed by atoms with E-state index in [-0.39, 0.29) is 12.6 Å². The maximum Gasteiger partial charge on any atom is 0.469 e. The van der Waals surface area contributed by atoms with E-state index in [4.69, 9.17) is 35.3 Å². The second-order valence-electron chi connectivity index (χ2n) is 3.36. The first-order valence-corrected chi connectivity index (χ1v) is 6.55. The number of phosphoric ester groups is 1. The first-order valence-electron chi connectivity index (χ1n) is 5.02. The molecule has 0 aliphatic heterocycles. The minimum Gasteiger partial charge on any atom is -0.394 e. The van der Waals surface area contributed by atoms with E-state index in [0.29, 0.717) is 0 Å². The third-order valence-corrected chi connectivity index (χ3v) is 2.15. The molecule has 20 heavy (non-hydrogen) atoms. The molecule has 0 aromatic heterocycles. The van der Waals surface area contributed by atoms with Crippen LogP contribution in [0, 0.1) is 0 Å². The van der Waals surface area contributed by atoms with Crippen LogP contribution in [-0.2, 0) is 18.7 Å². The maximum absolute atomic E-state index is 10.0. The van der Waals surface area contributed by atoms with Gasteiger partial charge in [0.1, 0.15) is 24.4 Å². The third-order valence-electron chi connectivity index (χ3n) is 1.67. The summed E-state index contributed by atoms with van der Waals surface area (Å²) in [6, 6.07) is 0. The summed E-state index contributed by atoms with van der Waals surface area (Å²) in [5.41, 5.74) is 0. The second-order valence-corrected chi connectivity index (χ2v) is 4.60. The van der Waals surface area contributed by atoms with Crippen molar-refractivity contribution in [1.82, 2.24) is 0 Å². The summed E-state index contributed by atoms with van der Waals surface area (Å²) >= 11 is 0. The summed E-state index contributed by atoms with van der Waals surface area (Å²) in [4.78, 5) is 35.7. The van der Waals surface area contributed by atoms with Crippen LogP contribution in [0.3, 0.4) is 0 Å². The number of aldehydes is 2. The lowest BCUT2D eigenvalue weighted by Crippen LogP contribution is -2.31. The Morgan fingerprint density at radius 1 is 0.950 bits per heavy atom. The van der Waals surface area contributed by atoms with E-state index in [1.807, 2.05) is 0 Å². The number of hydrogen-bond acceptors (Lipinski definition) is 9. The lowest BCUT2D eigenvalue weighted by molar-refractivity contribution is -0.122. The van der Waals surface area contributed by atoms with Crippen LogP contribution >= 0.6 is 7.82 Å². The molecule has 7 N–H and O–H groups in total. The first-order chi connectivity index (χ1) is 9.08. The molecule has 0 fully saturated rings. The van der Waals surface area contributed by atoms with E-state index in [1.165, 1.54) is 0 Å². The van der Waals surface area contributed by atoms with Gasteiger partial charge in [-0.2, -0.15) is 0 Å². The van der Waals surface area contributed by atoms with Crippen molar-refractivity contribution >= 4 is 20.4 Å². The number of aliphatic hydroxyl groups excluding tert-OH is 5. The van der Waals surface area contributed by atoms with Crippen molar-refractivity contribution in [1.29, 1.82) is 0 Å². The average molecular weight is 320 g/mol. The van der Waals surface area contributed by atoms with Crippen LogP contribution in [0.4, 0.5) is 0 Å². The van der Waals surface area contributed by atoms with Crippen molar-refractivity contribution in [3.8, 4) is 0 Å². The van der Waals surface area contributed by atoms with Crippen molar-refractivity contribution in [2.45, 2.75) is 24.4 Å². The molecule has 0 aromatic carbocycles. The average Bonchev–Trinajstić information content (AvgIpc) is 2.41. The lowest BCUT2D eigenvalue weighted by atomic mass is 10.2. The summed E-state index contributed by atoms with van der Waals surface area (Å²) < 4.78 is 13.8. The number of rotatable bonds is 8. The van der Waals surface area contributed by atoms with Gasteiger partial charge in [-0.3, -0.25) is 4.52 Å². The molecule has 0 bridgehead atoms. The molecule has 0 spiro atoms. The standard InChI is InChI=1S/C4H9O7P.C4H8O4/c5-1-3(6)4(7)2-11-12(8,9)10;5-1-3(7)4(8)2-6/h1,3-4,6-7H,2H2,(H2,8,9,10);1,3-4,6-8H,2H2/t2*3-,4+/m00/s1. The SMILES string of the molecule is O=C[C@H](O)[C@H](O)CO.O=C[C@H](O)[C@H](O)COP(=O)(O)O. The zero-order valence-electron chi connectivity index (χ0n) is 10.1. The zero-order valence-corrected chi connectivity index (χ0v) is 11.0. The highest BCUT2D eigenvalue weighted by atomic mass is 31.2. The van der Waals surface area contributed by atoms with Crippen molar-refractivity contribution < 1.29 is 54.0 Å². The van der Waals surface area contributed by atoms with Crippen molar-refractivity contribution in [2.24, 2.45) is 0 Å². The number of aliphatic hydroxyl groups is 5. The molecule has 0 saturated carbocycles. The van der Waals surface area contributed by atoms with Crippen LogP contribution in [0.15, 0.2) is 0 Å². The van der Waals surface area contributed by atoms with E-state index >= 15 is 0 Å². The molecule has 120 valence electrons. The van der Waals surface area contributed by atoms with E-state index in [0.717, 1.165) is 0 Å². The van der Waals surface area contributed by atoms with Gasteiger partial charge in [0.25, 0.3) is 0 Å². The van der Waals surface area contributed by atoms with Crippen LogP contribution in [0.2, 0.25) is 0 Å². The molecule has 0 unspecified atom stereocenters. The van der Waals surface area contributed by atoms with Gasteiger partial charge in [-0.15, -0.1) is 0 Å². The summed E-state index contributed by atoms with van der Waals surface area (Å²) in [5.74, 6) is 0. The molecular weight excluding hydrogens is 303 g/mol. The molecule has 0 saturated heterocycles. The Morgan fingerprint density at radius 2 is 1.35 bits per heavy atom. The highest BCUT2D eigenvalue weighted by Crippen LogP contribution is 2.35. The maximum atomic E-state index is 10.0. The van der Waals surface area contributed by atoms with Gasteiger partial charge in [-0.1, -0.05) is 0 Å². The Balaban J connectivity index is 0. The molecule has 11 nitrogen and oxygen atoms in total. The summed E-state index contributed by atoms with van der Waals surface area (Å²) in [6.07, 6.45) is -5.92. The predicted molar refractivity (Wildman–Crippen MR) is 61.2 cm³/mol. The van der Waals surface area contributed by atoms with Crippen LogP contribution in [0.1, 0.15) is 0 Å². The van der Waals surface area contributed by atoms with Crippen molar-refractivity contribution in [2.75, 3.05) is 13.2 Å². The van der Waals surface area contributed by atoms with Gasteiger partial charge in [0.2, 0.25) is 0 Å². The number of hydrogen-bond donors (Lipinski definition) is 7. The van der Waals surface area contributed by atoms with Gasteiger partial charge in [-0.05, 0) is 0 Å². The molecule has 0 aliphatic carbocycles. The summed E-state index contributed by atoms with van der Waals surface area (Å²) in [5, 5.41) is 42.1. The fourth-order valence-corrected chi connectivity index (χ4v) is 0.908. The van der Waals surface area contributed by atoms with E-state index in [9.17, 15) is 14.2 Å². The quantitative estimate of drug-likeness (QED) is 0.169. The molecule has 0 aromatic rings. The fraction of sp³-hybridized carbons (Fsp3) is 0.750. The Kier molecular flexibility index (Phi) is 11.8. The Morgan fingerprint density at radius 3 is 1.60 bits per heavy atom. The van der Waals surface area contributed by atoms with Gasteiger partial charge in [0, 0.05) is 0 Å². The van der Waals surface area contributed by atoms with Crippen LogP contribution < -0.4 is 0 Å². The monoisotopic (exact) mass is 320 g/mol. The zero-order chi connectivity index (χ0) is 16.3. The number of phosphoric acid groups is 1. The smallest absolute Gasteiger partial charge is 0.394 e. The lowest BCUT2D eigenvalue weighted by Gasteiger charge is -2.12. The molecule has 0 aliphatic rings. The molecule has 0 heterocycles. The fourth-order valence-electron chi connectivity index (χ4n) is 0.561. The Labute approximate surface area is 113 Å². The van der Waals surface area contributed by atoms with Gasteiger partial charge in [0.15, 0.2) is 12.6 Å². The first kappa shape index (κ1) is 21.5. The Hall–Kier alpha value is -0.750.